The number of pyridine rings is 2. The van der Waals surface area contributed by atoms with E-state index in [9.17, 15) is 0 Å². The molecule has 0 atom stereocenters. The van der Waals surface area contributed by atoms with Crippen LogP contribution in [-0.4, -0.2) is 10.3 Å². The van der Waals surface area contributed by atoms with Gasteiger partial charge in [0.25, 0.3) is 0 Å². The summed E-state index contributed by atoms with van der Waals surface area (Å²) >= 11 is 3.31. The third kappa shape index (κ3) is 14.8. The highest BCUT2D eigenvalue weighted by molar-refractivity contribution is 9.09. The molecule has 0 aliphatic rings. The molecule has 0 aromatic carbocycles. The molecule has 2 aromatic heterocycles. The van der Waals surface area contributed by atoms with E-state index in [-0.39, 0.29) is 17.0 Å². The maximum Gasteiger partial charge on any atom is 0.178 e. The van der Waals surface area contributed by atoms with Crippen molar-refractivity contribution in [1.82, 2.24) is 4.98 Å². The predicted octanol–water partition coefficient (Wildman–Crippen LogP) is 2.66. The lowest BCUT2D eigenvalue weighted by Crippen LogP contribution is -3.00. The van der Waals surface area contributed by atoms with Gasteiger partial charge in [-0.05, 0) is 25.5 Å². The molecule has 0 radical (unpaired) electrons. The fraction of sp³-hybridized carbons (Fsp3) is 0.500. The summed E-state index contributed by atoms with van der Waals surface area (Å²) in [5.41, 5.74) is 2.42. The molecule has 2 heterocycles. The van der Waals surface area contributed by atoms with E-state index in [2.05, 4.69) is 70.6 Å². The van der Waals surface area contributed by atoms with Crippen LogP contribution in [0.25, 0.3) is 0 Å². The van der Waals surface area contributed by atoms with Gasteiger partial charge in [-0.3, -0.25) is 4.98 Å². The second kappa shape index (κ2) is 18.6. The standard InChI is InChI=1S/C10H16N.C6H7N.C4H9Br.BrH/c1-3-4-8-11-9-6-5-7-10(11)2;1-6-4-2-3-5-7-6;1-2-3-4-5;/h5-7,9H,3-4,8H2,1-2H3;2-5H,1H3;2-4H2,1H3;1H/q+1;;;/p-1. The lowest BCUT2D eigenvalue weighted by Gasteiger charge is -1.97. The molecule has 0 saturated heterocycles. The maximum atomic E-state index is 3.98. The van der Waals surface area contributed by atoms with Crippen LogP contribution in [0.1, 0.15) is 50.9 Å². The Morgan fingerprint density at radius 1 is 0.958 bits per heavy atom. The highest BCUT2D eigenvalue weighted by Crippen LogP contribution is 1.91. The molecule has 0 N–H and O–H groups in total. The van der Waals surface area contributed by atoms with Gasteiger partial charge in [0.1, 0.15) is 6.54 Å². The fourth-order valence-corrected chi connectivity index (χ4v) is 2.28. The minimum Gasteiger partial charge on any atom is -1.00 e. The third-order valence-corrected chi connectivity index (χ3v) is 3.78. The van der Waals surface area contributed by atoms with Crippen LogP contribution in [-0.2, 0) is 6.54 Å². The minimum atomic E-state index is 0. The molecular formula is C20H32Br2N2. The van der Waals surface area contributed by atoms with Crippen LogP contribution in [0.2, 0.25) is 0 Å². The second-order valence-electron chi connectivity index (χ2n) is 5.40. The number of alkyl halides is 1. The first-order chi connectivity index (χ1) is 11.2. The number of rotatable bonds is 5. The summed E-state index contributed by atoms with van der Waals surface area (Å²) in [5, 5.41) is 1.16. The summed E-state index contributed by atoms with van der Waals surface area (Å²) in [4.78, 5) is 3.98. The molecule has 0 aliphatic carbocycles. The zero-order valence-corrected chi connectivity index (χ0v) is 18.7. The zero-order chi connectivity index (χ0) is 17.3. The van der Waals surface area contributed by atoms with Crippen molar-refractivity contribution in [3.63, 3.8) is 0 Å². The molecule has 0 aliphatic heterocycles. The number of aryl methyl sites for hydroxylation is 3. The second-order valence-corrected chi connectivity index (χ2v) is 6.20. The van der Waals surface area contributed by atoms with Crippen molar-refractivity contribution in [3.05, 3.63) is 60.2 Å². The van der Waals surface area contributed by atoms with Crippen molar-refractivity contribution in [2.75, 3.05) is 5.33 Å². The predicted molar refractivity (Wildman–Crippen MR) is 104 cm³/mol. The molecule has 2 rings (SSSR count). The quantitative estimate of drug-likeness (QED) is 0.496. The fourth-order valence-electron chi connectivity index (χ4n) is 1.72. The Morgan fingerprint density at radius 2 is 1.62 bits per heavy atom. The van der Waals surface area contributed by atoms with Gasteiger partial charge in [0.15, 0.2) is 11.9 Å². The van der Waals surface area contributed by atoms with Gasteiger partial charge >= 0.3 is 0 Å². The van der Waals surface area contributed by atoms with Crippen LogP contribution in [0.3, 0.4) is 0 Å². The summed E-state index contributed by atoms with van der Waals surface area (Å²) < 4.78 is 2.30. The number of aromatic nitrogens is 2. The molecule has 136 valence electrons. The minimum absolute atomic E-state index is 0. The topological polar surface area (TPSA) is 16.8 Å². The van der Waals surface area contributed by atoms with Gasteiger partial charge in [-0.1, -0.05) is 54.8 Å². The normalized spacial score (nSPS) is 8.88. The first kappa shape index (κ1) is 25.5. The summed E-state index contributed by atoms with van der Waals surface area (Å²) in [7, 11) is 0. The lowest BCUT2D eigenvalue weighted by molar-refractivity contribution is -0.703. The first-order valence-electron chi connectivity index (χ1n) is 8.54. The molecule has 0 spiro atoms. The number of hydrogen-bond donors (Lipinski definition) is 0. The molecule has 0 saturated carbocycles. The highest BCUT2D eigenvalue weighted by Gasteiger charge is 2.01. The largest absolute Gasteiger partial charge is 1.00 e. The van der Waals surface area contributed by atoms with Gasteiger partial charge in [0, 0.05) is 42.7 Å². The smallest absolute Gasteiger partial charge is 0.178 e. The van der Waals surface area contributed by atoms with Crippen LogP contribution in [0.5, 0.6) is 0 Å². The molecule has 0 unspecified atom stereocenters. The lowest BCUT2D eigenvalue weighted by atomic mass is 10.3. The van der Waals surface area contributed by atoms with E-state index in [1.807, 2.05) is 25.1 Å². The highest BCUT2D eigenvalue weighted by atomic mass is 79.9. The van der Waals surface area contributed by atoms with Crippen LogP contribution >= 0.6 is 15.9 Å². The van der Waals surface area contributed by atoms with E-state index in [4.69, 9.17) is 0 Å². The van der Waals surface area contributed by atoms with Crippen LogP contribution < -0.4 is 21.5 Å². The Balaban J connectivity index is 0. The van der Waals surface area contributed by atoms with E-state index >= 15 is 0 Å². The summed E-state index contributed by atoms with van der Waals surface area (Å²) in [5.74, 6) is 0. The van der Waals surface area contributed by atoms with Crippen molar-refractivity contribution in [1.29, 1.82) is 0 Å². The maximum absolute atomic E-state index is 3.98. The van der Waals surface area contributed by atoms with Crippen molar-refractivity contribution >= 4 is 15.9 Å². The molecule has 2 nitrogen and oxygen atoms in total. The third-order valence-electron chi connectivity index (χ3n) is 3.22. The number of halogens is 2. The van der Waals surface area contributed by atoms with Gasteiger partial charge < -0.3 is 17.0 Å². The number of nitrogens with zero attached hydrogens (tertiary/aromatic N) is 2. The molecule has 24 heavy (non-hydrogen) atoms. The van der Waals surface area contributed by atoms with Gasteiger partial charge in [-0.15, -0.1) is 0 Å². The van der Waals surface area contributed by atoms with Gasteiger partial charge in [0.05, 0.1) is 0 Å². The molecule has 0 fully saturated rings. The first-order valence-corrected chi connectivity index (χ1v) is 9.66. The zero-order valence-electron chi connectivity index (χ0n) is 15.5. The average Bonchev–Trinajstić information content (AvgIpc) is 2.57. The van der Waals surface area contributed by atoms with E-state index in [0.717, 1.165) is 17.6 Å². The Morgan fingerprint density at radius 3 is 2.00 bits per heavy atom. The van der Waals surface area contributed by atoms with Crippen LogP contribution in [0.4, 0.5) is 0 Å². The molecule has 0 amide bonds. The molecule has 2 aromatic rings. The molecule has 4 heteroatoms. The summed E-state index contributed by atoms with van der Waals surface area (Å²) in [6, 6.07) is 12.2. The van der Waals surface area contributed by atoms with Crippen molar-refractivity contribution in [3.8, 4) is 0 Å². The van der Waals surface area contributed by atoms with Crippen molar-refractivity contribution in [2.24, 2.45) is 0 Å². The Hall–Kier alpha value is -0.740. The average molecular weight is 460 g/mol. The SMILES string of the molecule is CCCCBr.CCCC[n+]1ccccc1C.Cc1ccccn1.[Br-]. The Kier molecular flexibility index (Phi) is 19.8. The van der Waals surface area contributed by atoms with E-state index in [0.29, 0.717) is 0 Å². The molecule has 0 bridgehead atoms. The summed E-state index contributed by atoms with van der Waals surface area (Å²) in [6.07, 6.45) is 9.07. The van der Waals surface area contributed by atoms with Crippen molar-refractivity contribution in [2.45, 2.75) is 59.9 Å². The van der Waals surface area contributed by atoms with Crippen LogP contribution in [0, 0.1) is 13.8 Å². The summed E-state index contributed by atoms with van der Waals surface area (Å²) in [6.45, 7) is 9.68. The Labute approximate surface area is 167 Å². The van der Waals surface area contributed by atoms with Crippen molar-refractivity contribution < 1.29 is 21.5 Å². The molecular weight excluding hydrogens is 428 g/mol. The monoisotopic (exact) mass is 458 g/mol. The van der Waals surface area contributed by atoms with Gasteiger partial charge in [-0.2, -0.15) is 0 Å². The number of hydrogen-bond acceptors (Lipinski definition) is 1. The van der Waals surface area contributed by atoms with E-state index < -0.39 is 0 Å². The van der Waals surface area contributed by atoms with E-state index in [1.54, 1.807) is 6.20 Å². The van der Waals surface area contributed by atoms with Gasteiger partial charge in [-0.25, -0.2) is 4.57 Å². The van der Waals surface area contributed by atoms with Crippen LogP contribution in [0.15, 0.2) is 48.8 Å². The Bertz CT molecular complexity index is 488. The number of unbranched alkanes of at least 4 members (excludes halogenated alkanes) is 2. The van der Waals surface area contributed by atoms with E-state index in [1.165, 1.54) is 31.4 Å². The van der Waals surface area contributed by atoms with Gasteiger partial charge in [0.2, 0.25) is 0 Å².